The standard InChI is InChI=1S/C13H21N5/c1-11(2)18-10-12(3)16-13(18)14-6-4-8-17-9-5-7-15-17/h5,7,9-11H,4,6,8H2,1-3H3,(H,14,16). The van der Waals surface area contributed by atoms with Crippen molar-refractivity contribution in [3.63, 3.8) is 0 Å². The number of aryl methyl sites for hydroxylation is 2. The quantitative estimate of drug-likeness (QED) is 0.798. The average molecular weight is 247 g/mol. The highest BCUT2D eigenvalue weighted by atomic mass is 15.3. The van der Waals surface area contributed by atoms with Crippen molar-refractivity contribution in [3.8, 4) is 0 Å². The zero-order valence-corrected chi connectivity index (χ0v) is 11.3. The zero-order valence-electron chi connectivity index (χ0n) is 11.3. The van der Waals surface area contributed by atoms with Gasteiger partial charge < -0.3 is 9.88 Å². The smallest absolute Gasteiger partial charge is 0.203 e. The predicted molar refractivity (Wildman–Crippen MR) is 72.7 cm³/mol. The van der Waals surface area contributed by atoms with Crippen molar-refractivity contribution in [1.82, 2.24) is 19.3 Å². The maximum absolute atomic E-state index is 4.50. The minimum Gasteiger partial charge on any atom is -0.356 e. The SMILES string of the molecule is Cc1cn(C(C)C)c(NCCCn2cccn2)n1. The van der Waals surface area contributed by atoms with Crippen molar-refractivity contribution < 1.29 is 0 Å². The molecule has 1 N–H and O–H groups in total. The van der Waals surface area contributed by atoms with Gasteiger partial charge in [0.15, 0.2) is 0 Å². The third-order valence-corrected chi connectivity index (χ3v) is 2.82. The van der Waals surface area contributed by atoms with Crippen LogP contribution in [0.25, 0.3) is 0 Å². The molecule has 0 aromatic carbocycles. The number of hydrogen-bond donors (Lipinski definition) is 1. The maximum atomic E-state index is 4.50. The van der Waals surface area contributed by atoms with Crippen LogP contribution in [-0.4, -0.2) is 25.9 Å². The van der Waals surface area contributed by atoms with Crippen molar-refractivity contribution in [2.24, 2.45) is 0 Å². The lowest BCUT2D eigenvalue weighted by Crippen LogP contribution is -2.12. The van der Waals surface area contributed by atoms with Gasteiger partial charge in [0.25, 0.3) is 0 Å². The van der Waals surface area contributed by atoms with E-state index in [9.17, 15) is 0 Å². The van der Waals surface area contributed by atoms with E-state index in [4.69, 9.17) is 0 Å². The van der Waals surface area contributed by atoms with Gasteiger partial charge in [-0.2, -0.15) is 5.10 Å². The first-order valence-corrected chi connectivity index (χ1v) is 6.43. The summed E-state index contributed by atoms with van der Waals surface area (Å²) in [4.78, 5) is 4.50. The van der Waals surface area contributed by atoms with E-state index in [0.717, 1.165) is 31.2 Å². The van der Waals surface area contributed by atoms with Gasteiger partial charge in [-0.15, -0.1) is 0 Å². The van der Waals surface area contributed by atoms with Crippen LogP contribution < -0.4 is 5.32 Å². The maximum Gasteiger partial charge on any atom is 0.203 e. The van der Waals surface area contributed by atoms with E-state index in [1.165, 1.54) is 0 Å². The van der Waals surface area contributed by atoms with Gasteiger partial charge in [0.2, 0.25) is 5.95 Å². The van der Waals surface area contributed by atoms with Crippen LogP contribution >= 0.6 is 0 Å². The first-order valence-electron chi connectivity index (χ1n) is 6.43. The fourth-order valence-corrected chi connectivity index (χ4v) is 1.91. The molecule has 18 heavy (non-hydrogen) atoms. The van der Waals surface area contributed by atoms with E-state index >= 15 is 0 Å². The molecule has 0 aliphatic heterocycles. The minimum atomic E-state index is 0.430. The van der Waals surface area contributed by atoms with Crippen LogP contribution in [0.3, 0.4) is 0 Å². The molecule has 5 nitrogen and oxygen atoms in total. The third kappa shape index (κ3) is 3.12. The first-order chi connectivity index (χ1) is 8.66. The Kier molecular flexibility index (Phi) is 4.02. The lowest BCUT2D eigenvalue weighted by molar-refractivity contribution is 0.581. The summed E-state index contributed by atoms with van der Waals surface area (Å²) in [5.74, 6) is 0.961. The largest absolute Gasteiger partial charge is 0.356 e. The number of nitrogens with zero attached hydrogens (tertiary/aromatic N) is 4. The van der Waals surface area contributed by atoms with Crippen LogP contribution in [-0.2, 0) is 6.54 Å². The molecule has 2 aromatic heterocycles. The molecule has 98 valence electrons. The van der Waals surface area contributed by atoms with Crippen molar-refractivity contribution in [1.29, 1.82) is 0 Å². The van der Waals surface area contributed by atoms with Gasteiger partial charge >= 0.3 is 0 Å². The monoisotopic (exact) mass is 247 g/mol. The van der Waals surface area contributed by atoms with E-state index < -0.39 is 0 Å². The topological polar surface area (TPSA) is 47.7 Å². The Bertz CT molecular complexity index is 470. The fourth-order valence-electron chi connectivity index (χ4n) is 1.91. The fraction of sp³-hybridized carbons (Fsp3) is 0.538. The van der Waals surface area contributed by atoms with Gasteiger partial charge in [-0.3, -0.25) is 4.68 Å². The molecule has 0 aliphatic carbocycles. The summed E-state index contributed by atoms with van der Waals surface area (Å²) in [6, 6.07) is 2.38. The Labute approximate surface area is 108 Å². The van der Waals surface area contributed by atoms with E-state index in [1.54, 1.807) is 0 Å². The number of anilines is 1. The highest BCUT2D eigenvalue weighted by Gasteiger charge is 2.07. The summed E-state index contributed by atoms with van der Waals surface area (Å²) in [6.45, 7) is 8.18. The number of imidazole rings is 1. The Hall–Kier alpha value is -1.78. The van der Waals surface area contributed by atoms with Crippen molar-refractivity contribution in [3.05, 3.63) is 30.4 Å². The third-order valence-electron chi connectivity index (χ3n) is 2.82. The number of rotatable bonds is 6. The molecule has 5 heteroatoms. The van der Waals surface area contributed by atoms with E-state index in [0.29, 0.717) is 6.04 Å². The number of nitrogens with one attached hydrogen (secondary N) is 1. The molecule has 2 aromatic rings. The Morgan fingerprint density at radius 2 is 2.22 bits per heavy atom. The van der Waals surface area contributed by atoms with Crippen LogP contribution in [0.5, 0.6) is 0 Å². The summed E-state index contributed by atoms with van der Waals surface area (Å²) in [7, 11) is 0. The lowest BCUT2D eigenvalue weighted by Gasteiger charge is -2.12. The minimum absolute atomic E-state index is 0.430. The molecule has 0 saturated carbocycles. The summed E-state index contributed by atoms with van der Waals surface area (Å²) in [6.07, 6.45) is 6.91. The van der Waals surface area contributed by atoms with Crippen LogP contribution in [0.4, 0.5) is 5.95 Å². The lowest BCUT2D eigenvalue weighted by atomic mass is 10.4. The van der Waals surface area contributed by atoms with Gasteiger partial charge in [0.1, 0.15) is 0 Å². The second kappa shape index (κ2) is 5.71. The van der Waals surface area contributed by atoms with Gasteiger partial charge in [-0.25, -0.2) is 4.98 Å². The number of hydrogen-bond acceptors (Lipinski definition) is 3. The normalized spacial score (nSPS) is 11.1. The highest BCUT2D eigenvalue weighted by molar-refractivity contribution is 5.29. The Morgan fingerprint density at radius 3 is 2.89 bits per heavy atom. The number of aromatic nitrogens is 4. The molecule has 0 spiro atoms. The molecule has 0 amide bonds. The molecule has 0 aliphatic rings. The van der Waals surface area contributed by atoms with Gasteiger partial charge in [0.05, 0.1) is 5.69 Å². The van der Waals surface area contributed by atoms with E-state index in [1.807, 2.05) is 30.1 Å². The molecule has 0 atom stereocenters. The van der Waals surface area contributed by atoms with Crippen LogP contribution in [0.15, 0.2) is 24.7 Å². The van der Waals surface area contributed by atoms with E-state index in [-0.39, 0.29) is 0 Å². The Morgan fingerprint density at radius 1 is 1.39 bits per heavy atom. The second-order valence-corrected chi connectivity index (χ2v) is 4.76. The summed E-state index contributed by atoms with van der Waals surface area (Å²) < 4.78 is 4.12. The molecule has 2 rings (SSSR count). The molecule has 0 unspecified atom stereocenters. The highest BCUT2D eigenvalue weighted by Crippen LogP contribution is 2.15. The average Bonchev–Trinajstić information content (AvgIpc) is 2.93. The van der Waals surface area contributed by atoms with Crippen LogP contribution in [0, 0.1) is 6.92 Å². The first kappa shape index (κ1) is 12.7. The van der Waals surface area contributed by atoms with Gasteiger partial charge in [-0.05, 0) is 33.3 Å². The van der Waals surface area contributed by atoms with Crippen molar-refractivity contribution >= 4 is 5.95 Å². The summed E-state index contributed by atoms with van der Waals surface area (Å²) in [5, 5.41) is 7.57. The van der Waals surface area contributed by atoms with Crippen molar-refractivity contribution in [2.75, 3.05) is 11.9 Å². The molecule has 0 fully saturated rings. The molecule has 0 bridgehead atoms. The van der Waals surface area contributed by atoms with Crippen LogP contribution in [0.1, 0.15) is 32.0 Å². The Balaban J connectivity index is 1.83. The van der Waals surface area contributed by atoms with Gasteiger partial charge in [0, 0.05) is 37.7 Å². The molecule has 0 saturated heterocycles. The van der Waals surface area contributed by atoms with Crippen LogP contribution in [0.2, 0.25) is 0 Å². The van der Waals surface area contributed by atoms with Gasteiger partial charge in [-0.1, -0.05) is 0 Å². The summed E-state index contributed by atoms with van der Waals surface area (Å²) >= 11 is 0. The molecule has 2 heterocycles. The zero-order chi connectivity index (χ0) is 13.0. The molecule has 0 radical (unpaired) electrons. The second-order valence-electron chi connectivity index (χ2n) is 4.76. The predicted octanol–water partition coefficient (Wildman–Crippen LogP) is 2.47. The molecular formula is C13H21N5. The molecular weight excluding hydrogens is 226 g/mol. The van der Waals surface area contributed by atoms with Crippen molar-refractivity contribution in [2.45, 2.75) is 39.8 Å². The summed E-state index contributed by atoms with van der Waals surface area (Å²) in [5.41, 5.74) is 1.05. The van der Waals surface area contributed by atoms with E-state index in [2.05, 4.69) is 40.0 Å².